The minimum Gasteiger partial charge on any atom is -0.465 e. The van der Waals surface area contributed by atoms with Gasteiger partial charge in [0, 0.05) is 59.4 Å². The van der Waals surface area contributed by atoms with Crippen LogP contribution < -0.4 is 0 Å². The third kappa shape index (κ3) is 4.28. The quantitative estimate of drug-likeness (QED) is 0.258. The van der Waals surface area contributed by atoms with Crippen molar-refractivity contribution in [3.05, 3.63) is 81.6 Å². The minimum atomic E-state index is -1.01. The van der Waals surface area contributed by atoms with Crippen molar-refractivity contribution in [3.8, 4) is 11.3 Å². The lowest BCUT2D eigenvalue weighted by atomic mass is 9.98. The number of carbonyl (C=O) groups is 2. The first-order valence-electron chi connectivity index (χ1n) is 12.7. The summed E-state index contributed by atoms with van der Waals surface area (Å²) in [5.74, 6) is 0. The Morgan fingerprint density at radius 1 is 0.895 bits per heavy atom. The predicted molar refractivity (Wildman–Crippen MR) is 148 cm³/mol. The van der Waals surface area contributed by atoms with Crippen LogP contribution in [0.25, 0.3) is 22.2 Å². The average Bonchev–Trinajstić information content (AvgIpc) is 3.35. The summed E-state index contributed by atoms with van der Waals surface area (Å²) in [4.78, 5) is 26.9. The van der Waals surface area contributed by atoms with E-state index in [1.807, 2.05) is 50.2 Å². The number of benzene rings is 2. The van der Waals surface area contributed by atoms with Crippen LogP contribution >= 0.6 is 11.6 Å². The van der Waals surface area contributed by atoms with Crippen molar-refractivity contribution in [2.24, 2.45) is 7.05 Å². The summed E-state index contributed by atoms with van der Waals surface area (Å²) in [7, 11) is 2.08. The van der Waals surface area contributed by atoms with Crippen LogP contribution in [0.4, 0.5) is 9.59 Å². The van der Waals surface area contributed by atoms with Crippen LogP contribution in [0.2, 0.25) is 5.02 Å². The third-order valence-corrected chi connectivity index (χ3v) is 7.96. The molecule has 0 fully saturated rings. The number of amides is 2. The van der Waals surface area contributed by atoms with E-state index < -0.39 is 12.2 Å². The first kappa shape index (κ1) is 25.7. The Hall–Kier alpha value is -3.91. The summed E-state index contributed by atoms with van der Waals surface area (Å²) in [6, 6.07) is 15.9. The van der Waals surface area contributed by atoms with Crippen LogP contribution in [-0.2, 0) is 33.1 Å². The molecule has 0 saturated carbocycles. The van der Waals surface area contributed by atoms with Gasteiger partial charge in [0.1, 0.15) is 0 Å². The highest BCUT2D eigenvalue weighted by Crippen LogP contribution is 2.41. The fourth-order valence-electron chi connectivity index (χ4n) is 5.70. The minimum absolute atomic E-state index is 0.160. The Morgan fingerprint density at radius 3 is 2.11 bits per heavy atom. The van der Waals surface area contributed by atoms with Crippen LogP contribution in [0.1, 0.15) is 41.9 Å². The number of hydrogen-bond donors (Lipinski definition) is 2. The Kier molecular flexibility index (Phi) is 6.84. The maximum atomic E-state index is 12.1. The number of carboxylic acid groups (broad SMARTS) is 2. The van der Waals surface area contributed by atoms with Crippen molar-refractivity contribution in [1.29, 1.82) is 0 Å². The summed E-state index contributed by atoms with van der Waals surface area (Å²) in [5.41, 5.74) is 8.13. The molecule has 8 nitrogen and oxygen atoms in total. The Labute approximate surface area is 226 Å². The lowest BCUT2D eigenvalue weighted by Gasteiger charge is -2.23. The highest BCUT2D eigenvalue weighted by atomic mass is 35.5. The Balaban J connectivity index is 1.79. The molecule has 198 valence electrons. The zero-order chi connectivity index (χ0) is 27.1. The largest absolute Gasteiger partial charge is 0.465 e. The van der Waals surface area contributed by atoms with Gasteiger partial charge < -0.3 is 29.1 Å². The van der Waals surface area contributed by atoms with Gasteiger partial charge in [-0.15, -0.1) is 0 Å². The molecule has 2 amide bonds. The van der Waals surface area contributed by atoms with E-state index >= 15 is 0 Å². The normalized spacial score (nSPS) is 12.3. The molecule has 4 aromatic rings. The zero-order valence-electron chi connectivity index (χ0n) is 21.7. The zero-order valence-corrected chi connectivity index (χ0v) is 22.5. The maximum Gasteiger partial charge on any atom is 0.407 e. The van der Waals surface area contributed by atoms with Crippen LogP contribution in [0.15, 0.2) is 48.5 Å². The molecule has 1 aliphatic rings. The van der Waals surface area contributed by atoms with E-state index in [1.54, 1.807) is 0 Å². The van der Waals surface area contributed by atoms with Gasteiger partial charge in [0.25, 0.3) is 0 Å². The number of fused-ring (bicyclic) bond motifs is 4. The second kappa shape index (κ2) is 10.1. The van der Waals surface area contributed by atoms with Gasteiger partial charge in [-0.25, -0.2) is 9.59 Å². The van der Waals surface area contributed by atoms with Crippen molar-refractivity contribution < 1.29 is 19.8 Å². The van der Waals surface area contributed by atoms with Gasteiger partial charge in [0.15, 0.2) is 0 Å². The summed E-state index contributed by atoms with van der Waals surface area (Å²) >= 11 is 6.22. The number of hydrogen-bond acceptors (Lipinski definition) is 2. The topological polar surface area (TPSA) is 90.9 Å². The Bertz CT molecular complexity index is 1540. The van der Waals surface area contributed by atoms with Crippen LogP contribution in [0.5, 0.6) is 0 Å². The smallest absolute Gasteiger partial charge is 0.407 e. The van der Waals surface area contributed by atoms with E-state index in [0.717, 1.165) is 33.6 Å². The SMILES string of the molecule is CCN(Cc1c(CN(CC)C(=O)O)c(-c2ccc(Cl)cc2)n2c1Cc1c(n(C)c3ccccc13)C2)C(=O)O. The third-order valence-electron chi connectivity index (χ3n) is 7.71. The number of para-hydroxylation sites is 1. The molecule has 0 atom stereocenters. The second-order valence-electron chi connectivity index (χ2n) is 9.62. The van der Waals surface area contributed by atoms with Crippen molar-refractivity contribution in [2.75, 3.05) is 13.1 Å². The van der Waals surface area contributed by atoms with E-state index in [-0.39, 0.29) is 13.1 Å². The summed E-state index contributed by atoms with van der Waals surface area (Å²) in [6.45, 7) is 5.20. The fourth-order valence-corrected chi connectivity index (χ4v) is 5.83. The first-order valence-corrected chi connectivity index (χ1v) is 13.1. The Morgan fingerprint density at radius 2 is 1.50 bits per heavy atom. The molecular formula is C29H31ClN4O4. The van der Waals surface area contributed by atoms with Gasteiger partial charge >= 0.3 is 12.2 Å². The number of halogens is 1. The molecule has 5 rings (SSSR count). The monoisotopic (exact) mass is 534 g/mol. The van der Waals surface area contributed by atoms with Gasteiger partial charge in [-0.05, 0) is 48.7 Å². The van der Waals surface area contributed by atoms with Gasteiger partial charge in [0.2, 0.25) is 0 Å². The molecule has 0 spiro atoms. The summed E-state index contributed by atoms with van der Waals surface area (Å²) in [6.07, 6.45) is -1.38. The van der Waals surface area contributed by atoms with E-state index in [9.17, 15) is 19.8 Å². The molecule has 0 unspecified atom stereocenters. The average molecular weight is 535 g/mol. The van der Waals surface area contributed by atoms with Gasteiger partial charge in [-0.1, -0.05) is 41.9 Å². The lowest BCUT2D eigenvalue weighted by Crippen LogP contribution is -2.31. The number of rotatable bonds is 7. The molecule has 2 aromatic heterocycles. The van der Waals surface area contributed by atoms with Crippen LogP contribution in [0.3, 0.4) is 0 Å². The van der Waals surface area contributed by atoms with E-state index in [1.165, 1.54) is 26.4 Å². The van der Waals surface area contributed by atoms with Crippen LogP contribution in [-0.4, -0.2) is 54.4 Å². The van der Waals surface area contributed by atoms with E-state index in [2.05, 4.69) is 28.3 Å². The molecule has 1 aliphatic heterocycles. The molecule has 0 aliphatic carbocycles. The molecule has 2 aromatic carbocycles. The molecule has 0 radical (unpaired) electrons. The predicted octanol–water partition coefficient (Wildman–Crippen LogP) is 6.25. The standard InChI is InChI=1S/C29H31ClN4O4/c1-4-32(28(35)36)15-22-23(16-33(5-2)29(37)38)27(18-10-12-19(30)13-11-18)34-17-26-21(14-25(22)34)20-8-6-7-9-24(20)31(26)3/h6-13H,4-5,14-17H2,1-3H3,(H,35,36)(H,37,38). The fraction of sp³-hybridized carbons (Fsp3) is 0.310. The van der Waals surface area contributed by atoms with Crippen molar-refractivity contribution in [3.63, 3.8) is 0 Å². The summed E-state index contributed by atoms with van der Waals surface area (Å²) < 4.78 is 4.48. The molecule has 38 heavy (non-hydrogen) atoms. The van der Waals surface area contributed by atoms with Crippen molar-refractivity contribution >= 4 is 34.7 Å². The highest BCUT2D eigenvalue weighted by molar-refractivity contribution is 6.30. The first-order chi connectivity index (χ1) is 18.2. The second-order valence-corrected chi connectivity index (χ2v) is 10.1. The number of aryl methyl sites for hydroxylation is 1. The van der Waals surface area contributed by atoms with Crippen molar-refractivity contribution in [2.45, 2.75) is 39.9 Å². The number of aromatic nitrogens is 2. The highest BCUT2D eigenvalue weighted by Gasteiger charge is 2.32. The van der Waals surface area contributed by atoms with E-state index in [0.29, 0.717) is 31.1 Å². The molecule has 2 N–H and O–H groups in total. The van der Waals surface area contributed by atoms with Crippen LogP contribution in [0, 0.1) is 0 Å². The van der Waals surface area contributed by atoms with Gasteiger partial charge in [-0.2, -0.15) is 0 Å². The van der Waals surface area contributed by atoms with Gasteiger partial charge in [0.05, 0.1) is 25.3 Å². The number of nitrogens with zero attached hydrogens (tertiary/aromatic N) is 4. The van der Waals surface area contributed by atoms with E-state index in [4.69, 9.17) is 11.6 Å². The summed E-state index contributed by atoms with van der Waals surface area (Å²) in [5, 5.41) is 21.6. The molecule has 0 saturated heterocycles. The molecule has 9 heteroatoms. The van der Waals surface area contributed by atoms with Gasteiger partial charge in [-0.3, -0.25) is 0 Å². The molecule has 0 bridgehead atoms. The maximum absolute atomic E-state index is 12.1. The lowest BCUT2D eigenvalue weighted by molar-refractivity contribution is 0.141. The van der Waals surface area contributed by atoms with Crippen molar-refractivity contribution in [1.82, 2.24) is 18.9 Å². The molecular weight excluding hydrogens is 504 g/mol. The molecule has 3 heterocycles.